The molecule has 170 valence electrons. The molecule has 6 rings (SSSR count). The van der Waals surface area contributed by atoms with Crippen molar-refractivity contribution in [3.05, 3.63) is 94.0 Å². The Hall–Kier alpha value is -3.49. The fraction of sp³-hybridized carbons (Fsp3) is 0.192. The van der Waals surface area contributed by atoms with Gasteiger partial charge in [0.1, 0.15) is 17.0 Å². The molecule has 3 heterocycles. The molecule has 0 bridgehead atoms. The summed E-state index contributed by atoms with van der Waals surface area (Å²) < 4.78 is 5.94. The van der Waals surface area contributed by atoms with E-state index < -0.39 is 28.9 Å². The molecule has 1 fully saturated rings. The highest BCUT2D eigenvalue weighted by Gasteiger charge is 2.77. The quantitative estimate of drug-likeness (QED) is 0.452. The zero-order valence-electron chi connectivity index (χ0n) is 18.1. The van der Waals surface area contributed by atoms with Crippen molar-refractivity contribution in [2.45, 2.75) is 22.9 Å². The summed E-state index contributed by atoms with van der Waals surface area (Å²) in [5, 5.41) is 9.29. The highest BCUT2D eigenvalue weighted by Crippen LogP contribution is 2.64. The third kappa shape index (κ3) is 2.42. The third-order valence-corrected chi connectivity index (χ3v) is 7.80. The predicted octanol–water partition coefficient (Wildman–Crippen LogP) is 3.42. The van der Waals surface area contributed by atoms with Crippen LogP contribution in [0.2, 0.25) is 0 Å². The number of hydrogen-bond donors (Lipinski definition) is 3. The predicted molar refractivity (Wildman–Crippen MR) is 129 cm³/mol. The molecular formula is C26H20BrN3O4. The molecule has 3 aliphatic heterocycles. The molecule has 3 aromatic rings. The number of halogens is 1. The van der Waals surface area contributed by atoms with Crippen LogP contribution >= 0.6 is 15.9 Å². The number of amides is 2. The lowest BCUT2D eigenvalue weighted by Crippen LogP contribution is -2.60. The van der Waals surface area contributed by atoms with E-state index in [0.717, 1.165) is 10.0 Å². The maximum Gasteiger partial charge on any atom is 0.323 e. The molecular weight excluding hydrogens is 498 g/mol. The second-order valence-corrected chi connectivity index (χ2v) is 9.65. The van der Waals surface area contributed by atoms with Gasteiger partial charge in [-0.3, -0.25) is 19.7 Å². The summed E-state index contributed by atoms with van der Waals surface area (Å²) in [5.74, 6) is -2.00. The maximum absolute atomic E-state index is 14.2. The van der Waals surface area contributed by atoms with Gasteiger partial charge in [-0.25, -0.2) is 0 Å². The Morgan fingerprint density at radius 3 is 2.32 bits per heavy atom. The molecule has 2 amide bonds. The molecule has 1 saturated heterocycles. The minimum absolute atomic E-state index is 0.343. The molecule has 3 aromatic carbocycles. The Bertz CT molecular complexity index is 1380. The number of fused-ring (bicyclic) bond motifs is 5. The van der Waals surface area contributed by atoms with Crippen LogP contribution in [0.1, 0.15) is 22.6 Å². The van der Waals surface area contributed by atoms with E-state index >= 15 is 0 Å². The van der Waals surface area contributed by atoms with Crippen LogP contribution in [-0.2, 0) is 30.1 Å². The van der Waals surface area contributed by atoms with Crippen LogP contribution in [0.25, 0.3) is 0 Å². The van der Waals surface area contributed by atoms with E-state index in [1.54, 1.807) is 6.07 Å². The first-order valence-corrected chi connectivity index (χ1v) is 11.7. The minimum Gasteiger partial charge on any atom is -0.468 e. The number of benzene rings is 3. The van der Waals surface area contributed by atoms with Gasteiger partial charge in [0.2, 0.25) is 5.91 Å². The molecule has 0 aromatic heterocycles. The van der Waals surface area contributed by atoms with Crippen molar-refractivity contribution in [1.29, 1.82) is 0 Å². The van der Waals surface area contributed by atoms with Crippen molar-refractivity contribution < 1.29 is 19.1 Å². The fourth-order valence-electron chi connectivity index (χ4n) is 6.11. The van der Waals surface area contributed by atoms with Crippen LogP contribution in [0.15, 0.2) is 77.3 Å². The number of nitrogens with one attached hydrogen (secondary N) is 3. The fourth-order valence-corrected chi connectivity index (χ4v) is 6.47. The lowest BCUT2D eigenvalue weighted by atomic mass is 9.57. The van der Waals surface area contributed by atoms with E-state index in [2.05, 4.69) is 31.9 Å². The average Bonchev–Trinajstić information content (AvgIpc) is 3.44. The maximum atomic E-state index is 14.2. The van der Waals surface area contributed by atoms with Crippen molar-refractivity contribution in [1.82, 2.24) is 5.32 Å². The zero-order chi connectivity index (χ0) is 23.7. The van der Waals surface area contributed by atoms with Gasteiger partial charge in [0, 0.05) is 27.3 Å². The van der Waals surface area contributed by atoms with Crippen molar-refractivity contribution in [3.8, 4) is 0 Å². The SMILES string of the molecule is COC(=O)[C@@H]1N[C@@]2(C(=O)Nc3ccc(Br)cc32)[C@]2(C(=O)Nc3ccccc32)[C@H]1c1ccccc1. The molecule has 7 nitrogen and oxygen atoms in total. The summed E-state index contributed by atoms with van der Waals surface area (Å²) in [6, 6.07) is 21.2. The average molecular weight is 518 g/mol. The summed E-state index contributed by atoms with van der Waals surface area (Å²) in [7, 11) is 1.31. The van der Waals surface area contributed by atoms with E-state index in [-0.39, 0.29) is 11.8 Å². The van der Waals surface area contributed by atoms with Crippen molar-refractivity contribution in [3.63, 3.8) is 0 Å². The zero-order valence-corrected chi connectivity index (χ0v) is 19.7. The standard InChI is InChI=1S/C26H20BrN3O4/c1-34-22(31)21-20(14-7-3-2-4-8-14)25(16-9-5-6-10-18(16)28-23(25)32)26(30-21)17-13-15(27)11-12-19(17)29-24(26)33/h2-13,20-21,30H,1H3,(H,28,32)(H,29,33)/t20-,21+,25-,26-/m0/s1. The van der Waals surface area contributed by atoms with Gasteiger partial charge in [-0.05, 0) is 35.4 Å². The summed E-state index contributed by atoms with van der Waals surface area (Å²) in [6.07, 6.45) is 0. The largest absolute Gasteiger partial charge is 0.468 e. The van der Waals surface area contributed by atoms with Gasteiger partial charge < -0.3 is 15.4 Å². The monoisotopic (exact) mass is 517 g/mol. The summed E-state index contributed by atoms with van der Waals surface area (Å²) in [5.41, 5.74) is 0.223. The second-order valence-electron chi connectivity index (χ2n) is 8.74. The van der Waals surface area contributed by atoms with Gasteiger partial charge >= 0.3 is 5.97 Å². The number of para-hydroxylation sites is 1. The third-order valence-electron chi connectivity index (χ3n) is 7.31. The van der Waals surface area contributed by atoms with Gasteiger partial charge in [-0.2, -0.15) is 0 Å². The van der Waals surface area contributed by atoms with Crippen LogP contribution in [0, 0.1) is 0 Å². The van der Waals surface area contributed by atoms with Crippen LogP contribution in [0.4, 0.5) is 11.4 Å². The topological polar surface area (TPSA) is 96.5 Å². The van der Waals surface area contributed by atoms with Gasteiger partial charge in [0.25, 0.3) is 5.91 Å². The van der Waals surface area contributed by atoms with E-state index in [4.69, 9.17) is 4.74 Å². The Morgan fingerprint density at radius 1 is 0.882 bits per heavy atom. The van der Waals surface area contributed by atoms with E-state index in [1.807, 2.05) is 66.7 Å². The molecule has 4 atom stereocenters. The summed E-state index contributed by atoms with van der Waals surface area (Å²) in [6.45, 7) is 0. The van der Waals surface area contributed by atoms with Gasteiger partial charge in [-0.1, -0.05) is 64.5 Å². The normalized spacial score (nSPS) is 28.5. The second kappa shape index (κ2) is 7.25. The molecule has 2 spiro atoms. The van der Waals surface area contributed by atoms with Crippen LogP contribution in [-0.4, -0.2) is 30.9 Å². The summed E-state index contributed by atoms with van der Waals surface area (Å²) >= 11 is 3.52. The Labute approximate surface area is 204 Å². The molecule has 0 aliphatic carbocycles. The molecule has 3 N–H and O–H groups in total. The number of methoxy groups -OCH3 is 1. The number of anilines is 2. The number of rotatable bonds is 2. The summed E-state index contributed by atoms with van der Waals surface area (Å²) in [4.78, 5) is 41.4. The molecule has 34 heavy (non-hydrogen) atoms. The Kier molecular flexibility index (Phi) is 4.49. The number of esters is 1. The van der Waals surface area contributed by atoms with E-state index in [9.17, 15) is 14.4 Å². The minimum atomic E-state index is -1.55. The molecule has 0 saturated carbocycles. The number of carbonyl (C=O) groups is 3. The lowest BCUT2D eigenvalue weighted by Gasteiger charge is -2.40. The molecule has 8 heteroatoms. The van der Waals surface area contributed by atoms with Crippen LogP contribution < -0.4 is 16.0 Å². The van der Waals surface area contributed by atoms with Crippen LogP contribution in [0.3, 0.4) is 0 Å². The molecule has 0 unspecified atom stereocenters. The molecule has 3 aliphatic rings. The number of ether oxygens (including phenoxy) is 1. The first-order valence-electron chi connectivity index (χ1n) is 10.9. The van der Waals surface area contributed by atoms with E-state index in [1.165, 1.54) is 7.11 Å². The Balaban J connectivity index is 1.77. The smallest absolute Gasteiger partial charge is 0.323 e. The van der Waals surface area contributed by atoms with Crippen molar-refractivity contribution in [2.24, 2.45) is 0 Å². The van der Waals surface area contributed by atoms with Crippen molar-refractivity contribution in [2.75, 3.05) is 17.7 Å². The highest BCUT2D eigenvalue weighted by molar-refractivity contribution is 9.10. The number of carbonyl (C=O) groups excluding carboxylic acids is 3. The highest BCUT2D eigenvalue weighted by atomic mass is 79.9. The first kappa shape index (κ1) is 21.1. The number of hydrogen-bond acceptors (Lipinski definition) is 5. The van der Waals surface area contributed by atoms with E-state index in [0.29, 0.717) is 22.5 Å². The van der Waals surface area contributed by atoms with Gasteiger partial charge in [0.05, 0.1) is 7.11 Å². The first-order chi connectivity index (χ1) is 16.4. The van der Waals surface area contributed by atoms with Crippen molar-refractivity contribution >= 4 is 45.1 Å². The van der Waals surface area contributed by atoms with Gasteiger partial charge in [-0.15, -0.1) is 0 Å². The Morgan fingerprint density at radius 2 is 1.56 bits per heavy atom. The van der Waals surface area contributed by atoms with Gasteiger partial charge in [0.15, 0.2) is 0 Å². The lowest BCUT2D eigenvalue weighted by molar-refractivity contribution is -0.143. The molecule has 0 radical (unpaired) electrons. The van der Waals surface area contributed by atoms with Crippen LogP contribution in [0.5, 0.6) is 0 Å².